The molecule has 0 amide bonds. The highest BCUT2D eigenvalue weighted by Gasteiger charge is 2.36. The number of aromatic amines is 1. The largest absolute Gasteiger partial charge is 0.417 e. The smallest absolute Gasteiger partial charge is 0.270 e. The predicted molar refractivity (Wildman–Crippen MR) is 119 cm³/mol. The van der Waals surface area contributed by atoms with Gasteiger partial charge in [-0.2, -0.15) is 0 Å². The summed E-state index contributed by atoms with van der Waals surface area (Å²) in [4.78, 5) is 14.5. The molecular formula is C20H34N2O3Si2. The molecule has 0 bridgehead atoms. The second-order valence-electron chi connectivity index (χ2n) is 9.93. The van der Waals surface area contributed by atoms with Crippen molar-refractivity contribution in [1.29, 1.82) is 0 Å². The Morgan fingerprint density at radius 1 is 1.15 bits per heavy atom. The van der Waals surface area contributed by atoms with Gasteiger partial charge in [-0.25, -0.2) is 0 Å². The number of nitro benzene ring substituents is 1. The number of benzene rings is 1. The first kappa shape index (κ1) is 21.8. The molecule has 27 heavy (non-hydrogen) atoms. The molecule has 7 heteroatoms. The summed E-state index contributed by atoms with van der Waals surface area (Å²) in [5.41, 5.74) is 2.40. The Kier molecular flexibility index (Phi) is 6.09. The van der Waals surface area contributed by atoms with Crippen LogP contribution in [-0.2, 0) is 10.8 Å². The number of hydrogen-bond acceptors (Lipinski definition) is 3. The van der Waals surface area contributed by atoms with Crippen LogP contribution >= 0.6 is 0 Å². The summed E-state index contributed by atoms with van der Waals surface area (Å²) in [6.07, 6.45) is 1.81. The number of nitro groups is 1. The number of aromatic nitrogens is 1. The molecule has 0 atom stereocenters. The molecule has 0 saturated heterocycles. The minimum Gasteiger partial charge on any atom is -0.417 e. The molecule has 0 aliphatic heterocycles. The summed E-state index contributed by atoms with van der Waals surface area (Å²) in [6.45, 7) is 19.0. The number of hydrogen-bond donors (Lipinski definition) is 1. The molecule has 0 fully saturated rings. The summed E-state index contributed by atoms with van der Waals surface area (Å²) < 4.78 is 6.32. The molecule has 1 aromatic carbocycles. The maximum Gasteiger partial charge on any atom is 0.270 e. The van der Waals surface area contributed by atoms with Crippen LogP contribution in [0.1, 0.15) is 32.8 Å². The van der Waals surface area contributed by atoms with Crippen LogP contribution in [0.4, 0.5) is 5.69 Å². The van der Waals surface area contributed by atoms with E-state index in [9.17, 15) is 10.1 Å². The molecule has 0 radical (unpaired) electrons. The second kappa shape index (κ2) is 7.52. The van der Waals surface area contributed by atoms with E-state index in [4.69, 9.17) is 4.43 Å². The maximum absolute atomic E-state index is 11.2. The van der Waals surface area contributed by atoms with Crippen LogP contribution in [0.15, 0.2) is 18.2 Å². The van der Waals surface area contributed by atoms with Gasteiger partial charge in [0.2, 0.25) is 0 Å². The van der Waals surface area contributed by atoms with Gasteiger partial charge in [0.05, 0.1) is 13.0 Å². The predicted octanol–water partition coefficient (Wildman–Crippen LogP) is 5.58. The molecule has 2 aromatic rings. The second-order valence-corrected chi connectivity index (χ2v) is 19.7. The molecule has 0 spiro atoms. The highest BCUT2D eigenvalue weighted by molar-refractivity contribution is 6.88. The van der Waals surface area contributed by atoms with Crippen molar-refractivity contribution in [3.05, 3.63) is 33.9 Å². The average Bonchev–Trinajstić information content (AvgIpc) is 2.88. The van der Waals surface area contributed by atoms with Gasteiger partial charge in [-0.05, 0) is 42.6 Å². The molecule has 0 aliphatic rings. The molecule has 2 rings (SSSR count). The van der Waals surface area contributed by atoms with Crippen molar-refractivity contribution in [3.8, 4) is 0 Å². The molecule has 0 saturated carbocycles. The molecule has 5 nitrogen and oxygen atoms in total. The van der Waals surface area contributed by atoms with Gasteiger partial charge >= 0.3 is 0 Å². The maximum atomic E-state index is 11.2. The van der Waals surface area contributed by atoms with Crippen LogP contribution in [-0.4, -0.2) is 32.9 Å². The van der Waals surface area contributed by atoms with Gasteiger partial charge in [0.15, 0.2) is 8.32 Å². The molecule has 0 aliphatic carbocycles. The number of fused-ring (bicyclic) bond motifs is 1. The van der Waals surface area contributed by atoms with Gasteiger partial charge in [-0.3, -0.25) is 10.1 Å². The van der Waals surface area contributed by atoms with E-state index in [-0.39, 0.29) is 15.6 Å². The summed E-state index contributed by atoms with van der Waals surface area (Å²) >= 11 is 0. The first-order valence-electron chi connectivity index (χ1n) is 9.67. The Labute approximate surface area is 164 Å². The SMILES string of the molecule is CC(C)(C)[Si](C)(C)OCCCc1c([Si](C)(C)C)[nH]c2ccc([N+](=O)[O-])cc12. The van der Waals surface area contributed by atoms with Crippen molar-refractivity contribution >= 4 is 38.3 Å². The molecule has 1 N–H and O–H groups in total. The van der Waals surface area contributed by atoms with E-state index in [0.717, 1.165) is 30.4 Å². The van der Waals surface area contributed by atoms with Crippen molar-refractivity contribution in [2.24, 2.45) is 0 Å². The van der Waals surface area contributed by atoms with Crippen molar-refractivity contribution < 1.29 is 9.35 Å². The molecule has 1 heterocycles. The standard InChI is InChI=1S/C20H34N2O3Si2/c1-20(2,3)27(7,8)25-13-9-10-16-17-14-15(22(23)24)11-12-18(17)21-19(16)26(4,5)6/h11-12,14,21H,9-10,13H2,1-8H3. The lowest BCUT2D eigenvalue weighted by Gasteiger charge is -2.36. The van der Waals surface area contributed by atoms with Crippen LogP contribution < -0.4 is 5.32 Å². The van der Waals surface area contributed by atoms with Gasteiger partial charge in [0.25, 0.3) is 5.69 Å². The van der Waals surface area contributed by atoms with E-state index in [1.165, 1.54) is 10.9 Å². The first-order chi connectivity index (χ1) is 12.2. The number of nitrogens with zero attached hydrogens (tertiary/aromatic N) is 1. The van der Waals surface area contributed by atoms with E-state index in [1.807, 2.05) is 6.07 Å². The number of aryl methyl sites for hydroxylation is 1. The lowest BCUT2D eigenvalue weighted by molar-refractivity contribution is -0.384. The van der Waals surface area contributed by atoms with Crippen LogP contribution in [0.25, 0.3) is 10.9 Å². The highest BCUT2D eigenvalue weighted by atomic mass is 28.4. The third-order valence-corrected chi connectivity index (χ3v) is 12.2. The van der Waals surface area contributed by atoms with Crippen molar-refractivity contribution in [1.82, 2.24) is 4.98 Å². The number of non-ortho nitro benzene ring substituents is 1. The van der Waals surface area contributed by atoms with Gasteiger partial charge < -0.3 is 9.41 Å². The number of rotatable bonds is 7. The lowest BCUT2D eigenvalue weighted by atomic mass is 10.1. The van der Waals surface area contributed by atoms with E-state index >= 15 is 0 Å². The Hall–Kier alpha value is -1.45. The summed E-state index contributed by atoms with van der Waals surface area (Å²) in [5, 5.41) is 13.7. The zero-order chi connectivity index (χ0) is 20.6. The highest BCUT2D eigenvalue weighted by Crippen LogP contribution is 2.36. The number of H-pyrrole nitrogens is 1. The lowest BCUT2D eigenvalue weighted by Crippen LogP contribution is -2.42. The Morgan fingerprint density at radius 3 is 2.30 bits per heavy atom. The van der Waals surface area contributed by atoms with Gasteiger partial charge in [-0.15, -0.1) is 0 Å². The van der Waals surface area contributed by atoms with Crippen LogP contribution in [0.3, 0.4) is 0 Å². The third kappa shape index (κ3) is 4.89. The Bertz CT molecular complexity index is 830. The average molecular weight is 407 g/mol. The van der Waals surface area contributed by atoms with Crippen LogP contribution in [0, 0.1) is 10.1 Å². The monoisotopic (exact) mass is 406 g/mol. The zero-order valence-electron chi connectivity index (χ0n) is 18.0. The fraction of sp³-hybridized carbons (Fsp3) is 0.600. The summed E-state index contributed by atoms with van der Waals surface area (Å²) in [5.74, 6) is 0. The van der Waals surface area contributed by atoms with E-state index in [2.05, 4.69) is 58.5 Å². The molecule has 1 aromatic heterocycles. The van der Waals surface area contributed by atoms with E-state index in [0.29, 0.717) is 0 Å². The molecular weight excluding hydrogens is 372 g/mol. The quantitative estimate of drug-likeness (QED) is 0.283. The van der Waals surface area contributed by atoms with E-state index < -0.39 is 16.4 Å². The number of nitrogens with one attached hydrogen (secondary N) is 1. The van der Waals surface area contributed by atoms with E-state index in [1.54, 1.807) is 12.1 Å². The van der Waals surface area contributed by atoms with Crippen molar-refractivity contribution in [2.45, 2.75) is 71.4 Å². The van der Waals surface area contributed by atoms with Crippen LogP contribution in [0.2, 0.25) is 37.8 Å². The zero-order valence-corrected chi connectivity index (χ0v) is 20.0. The minimum atomic E-state index is -1.74. The van der Waals surface area contributed by atoms with Crippen molar-refractivity contribution in [2.75, 3.05) is 6.61 Å². The van der Waals surface area contributed by atoms with Crippen LogP contribution in [0.5, 0.6) is 0 Å². The fourth-order valence-corrected chi connectivity index (χ4v) is 5.80. The first-order valence-corrected chi connectivity index (χ1v) is 16.1. The minimum absolute atomic E-state index is 0.155. The Balaban J connectivity index is 2.27. The van der Waals surface area contributed by atoms with Gasteiger partial charge in [-0.1, -0.05) is 40.4 Å². The van der Waals surface area contributed by atoms with Crippen molar-refractivity contribution in [3.63, 3.8) is 0 Å². The molecule has 0 unspecified atom stereocenters. The summed E-state index contributed by atoms with van der Waals surface area (Å²) in [7, 11) is -3.33. The molecule has 150 valence electrons. The summed E-state index contributed by atoms with van der Waals surface area (Å²) in [6, 6.07) is 5.14. The topological polar surface area (TPSA) is 68.2 Å². The Morgan fingerprint density at radius 2 is 1.78 bits per heavy atom. The normalized spacial score (nSPS) is 13.3. The fourth-order valence-electron chi connectivity index (χ4n) is 3.04. The third-order valence-electron chi connectivity index (χ3n) is 5.69. The van der Waals surface area contributed by atoms with Gasteiger partial charge in [0, 0.05) is 35.0 Å². The van der Waals surface area contributed by atoms with Gasteiger partial charge in [0.1, 0.15) is 0 Å².